The molecule has 2 aromatic heterocycles. The van der Waals surface area contributed by atoms with Crippen LogP contribution in [0.15, 0.2) is 60.9 Å². The van der Waals surface area contributed by atoms with E-state index in [0.29, 0.717) is 49.4 Å². The van der Waals surface area contributed by atoms with Gasteiger partial charge in [-0.3, -0.25) is 19.6 Å². The third-order valence-corrected chi connectivity index (χ3v) is 5.29. The lowest BCUT2D eigenvalue weighted by Gasteiger charge is -2.17. The lowest BCUT2D eigenvalue weighted by Crippen LogP contribution is -2.27. The molecule has 0 fully saturated rings. The van der Waals surface area contributed by atoms with Gasteiger partial charge in [-0.2, -0.15) is 0 Å². The van der Waals surface area contributed by atoms with Gasteiger partial charge in [0.15, 0.2) is 0 Å². The Morgan fingerprint density at radius 3 is 2.56 bits per heavy atom. The van der Waals surface area contributed by atoms with Gasteiger partial charge in [-0.05, 0) is 86.7 Å². The van der Waals surface area contributed by atoms with Gasteiger partial charge >= 0.3 is 0 Å². The fraction of sp³-hybridized carbons (Fsp3) is 0.308. The molecule has 2 heterocycles. The van der Waals surface area contributed by atoms with E-state index in [1.807, 2.05) is 31.2 Å². The Morgan fingerprint density at radius 1 is 1.06 bits per heavy atom. The number of nitrogens with one attached hydrogen (secondary N) is 2. The summed E-state index contributed by atoms with van der Waals surface area (Å²) >= 11 is 0. The van der Waals surface area contributed by atoms with Crippen molar-refractivity contribution >= 4 is 12.3 Å². The first-order valence-corrected chi connectivity index (χ1v) is 11.3. The molecule has 1 atom stereocenters. The summed E-state index contributed by atoms with van der Waals surface area (Å²) in [6.07, 6.45) is 7.29. The summed E-state index contributed by atoms with van der Waals surface area (Å²) in [6, 6.07) is 12.7. The van der Waals surface area contributed by atoms with Crippen molar-refractivity contribution in [3.8, 4) is 5.75 Å². The van der Waals surface area contributed by atoms with Crippen LogP contribution < -0.4 is 15.4 Å². The smallest absolute Gasteiger partial charge is 0.251 e. The Balaban J connectivity index is 1.64. The zero-order chi connectivity index (χ0) is 24.2. The number of carbonyl (C=O) groups is 2. The van der Waals surface area contributed by atoms with E-state index in [1.54, 1.807) is 12.4 Å². The maximum atomic E-state index is 13.1. The van der Waals surface area contributed by atoms with Crippen LogP contribution in [0.2, 0.25) is 0 Å². The number of pyridine rings is 2. The largest absolute Gasteiger partial charge is 0.492 e. The van der Waals surface area contributed by atoms with E-state index >= 15 is 0 Å². The first-order chi connectivity index (χ1) is 16.6. The summed E-state index contributed by atoms with van der Waals surface area (Å²) in [4.78, 5) is 31.8. The van der Waals surface area contributed by atoms with Crippen LogP contribution in [0.25, 0.3) is 0 Å². The summed E-state index contributed by atoms with van der Waals surface area (Å²) in [7, 11) is 0. The van der Waals surface area contributed by atoms with Crippen LogP contribution in [-0.2, 0) is 17.6 Å². The van der Waals surface area contributed by atoms with E-state index < -0.39 is 5.82 Å². The number of halogens is 1. The third kappa shape index (κ3) is 7.65. The minimum atomic E-state index is -0.392. The van der Waals surface area contributed by atoms with Gasteiger partial charge in [-0.15, -0.1) is 0 Å². The number of nitrogens with zero attached hydrogens (tertiary/aromatic N) is 2. The number of aryl methyl sites for hydroxylation is 2. The molecule has 178 valence electrons. The maximum absolute atomic E-state index is 13.1. The SMILES string of the molecule is CC(NC(=O)c1ccc(F)cc1)c1ccc(OCCCc2ccncc2)c(CCCNC=O)n1. The van der Waals surface area contributed by atoms with E-state index in [2.05, 4.69) is 15.6 Å². The van der Waals surface area contributed by atoms with Crippen molar-refractivity contribution in [3.05, 3.63) is 89.3 Å². The molecule has 0 radical (unpaired) electrons. The minimum absolute atomic E-state index is 0.303. The molecule has 7 nitrogen and oxygen atoms in total. The molecule has 2 amide bonds. The van der Waals surface area contributed by atoms with E-state index in [0.717, 1.165) is 18.5 Å². The van der Waals surface area contributed by atoms with Crippen molar-refractivity contribution in [2.75, 3.05) is 13.2 Å². The molecule has 34 heavy (non-hydrogen) atoms. The maximum Gasteiger partial charge on any atom is 0.251 e. The molecule has 3 aromatic rings. The topological polar surface area (TPSA) is 93.2 Å². The number of benzene rings is 1. The molecule has 0 saturated heterocycles. The van der Waals surface area contributed by atoms with Crippen LogP contribution in [0, 0.1) is 5.82 Å². The van der Waals surface area contributed by atoms with Crippen LogP contribution in [0.4, 0.5) is 4.39 Å². The Labute approximate surface area is 198 Å². The predicted molar refractivity (Wildman–Crippen MR) is 127 cm³/mol. The van der Waals surface area contributed by atoms with E-state index in [4.69, 9.17) is 9.72 Å². The molecular weight excluding hydrogens is 435 g/mol. The number of amides is 2. The van der Waals surface area contributed by atoms with Gasteiger partial charge in [0.1, 0.15) is 11.6 Å². The van der Waals surface area contributed by atoms with Crippen molar-refractivity contribution in [1.29, 1.82) is 0 Å². The second-order valence-corrected chi connectivity index (χ2v) is 7.87. The van der Waals surface area contributed by atoms with Crippen LogP contribution in [0.3, 0.4) is 0 Å². The Hall–Kier alpha value is -3.81. The highest BCUT2D eigenvalue weighted by molar-refractivity contribution is 5.94. The fourth-order valence-corrected chi connectivity index (χ4v) is 3.44. The lowest BCUT2D eigenvalue weighted by molar-refractivity contribution is -0.109. The van der Waals surface area contributed by atoms with Crippen molar-refractivity contribution in [3.63, 3.8) is 0 Å². The van der Waals surface area contributed by atoms with Gasteiger partial charge in [0.05, 0.1) is 24.0 Å². The Bertz CT molecular complexity index is 1060. The zero-order valence-electron chi connectivity index (χ0n) is 19.2. The second-order valence-electron chi connectivity index (χ2n) is 7.87. The van der Waals surface area contributed by atoms with Crippen molar-refractivity contribution in [2.45, 2.75) is 38.6 Å². The first-order valence-electron chi connectivity index (χ1n) is 11.3. The number of carbonyl (C=O) groups excluding carboxylic acids is 2. The van der Waals surface area contributed by atoms with E-state index in [-0.39, 0.29) is 11.9 Å². The summed E-state index contributed by atoms with van der Waals surface area (Å²) in [6.45, 7) is 2.92. The number of rotatable bonds is 13. The van der Waals surface area contributed by atoms with Crippen LogP contribution in [-0.4, -0.2) is 35.4 Å². The molecule has 1 aromatic carbocycles. The normalized spacial score (nSPS) is 11.5. The number of aromatic nitrogens is 2. The molecule has 8 heteroatoms. The molecule has 1 unspecified atom stereocenters. The standard InChI is InChI=1S/C26H29FN4O3/c1-19(30-26(33)21-6-8-22(27)9-7-21)23-10-11-25(24(31-23)5-2-14-29-18-32)34-17-3-4-20-12-15-28-16-13-20/h6-13,15-16,18-19H,2-5,14,17H2,1H3,(H,29,32)(H,30,33). The first kappa shape index (κ1) is 24.8. The molecular formula is C26H29FN4O3. The minimum Gasteiger partial charge on any atom is -0.492 e. The molecule has 0 aliphatic heterocycles. The quantitative estimate of drug-likeness (QED) is 0.297. The highest BCUT2D eigenvalue weighted by Crippen LogP contribution is 2.22. The van der Waals surface area contributed by atoms with Gasteiger partial charge < -0.3 is 15.4 Å². The summed E-state index contributed by atoms with van der Waals surface area (Å²) < 4.78 is 19.1. The summed E-state index contributed by atoms with van der Waals surface area (Å²) in [5.41, 5.74) is 3.05. The predicted octanol–water partition coefficient (Wildman–Crippen LogP) is 3.80. The van der Waals surface area contributed by atoms with Crippen molar-refractivity contribution < 1.29 is 18.7 Å². The molecule has 0 spiro atoms. The average molecular weight is 465 g/mol. The number of hydrogen-bond donors (Lipinski definition) is 2. The number of ether oxygens (including phenoxy) is 1. The Kier molecular flexibility index (Phi) is 9.52. The molecule has 0 aliphatic carbocycles. The van der Waals surface area contributed by atoms with Crippen molar-refractivity contribution in [2.24, 2.45) is 0 Å². The van der Waals surface area contributed by atoms with Crippen LogP contribution in [0.5, 0.6) is 5.75 Å². The van der Waals surface area contributed by atoms with Crippen molar-refractivity contribution in [1.82, 2.24) is 20.6 Å². The zero-order valence-corrected chi connectivity index (χ0v) is 19.2. The van der Waals surface area contributed by atoms with Crippen LogP contribution in [0.1, 0.15) is 53.1 Å². The number of hydrogen-bond acceptors (Lipinski definition) is 5. The van der Waals surface area contributed by atoms with Gasteiger partial charge in [0.2, 0.25) is 6.41 Å². The highest BCUT2D eigenvalue weighted by Gasteiger charge is 2.15. The van der Waals surface area contributed by atoms with E-state index in [9.17, 15) is 14.0 Å². The molecule has 3 rings (SSSR count). The third-order valence-electron chi connectivity index (χ3n) is 5.29. The highest BCUT2D eigenvalue weighted by atomic mass is 19.1. The van der Waals surface area contributed by atoms with E-state index in [1.165, 1.54) is 29.8 Å². The Morgan fingerprint density at radius 2 is 1.82 bits per heavy atom. The molecule has 0 aliphatic rings. The lowest BCUT2D eigenvalue weighted by atomic mass is 10.1. The molecule has 0 bridgehead atoms. The fourth-order valence-electron chi connectivity index (χ4n) is 3.44. The van der Waals surface area contributed by atoms with Gasteiger partial charge in [-0.25, -0.2) is 4.39 Å². The molecule has 2 N–H and O–H groups in total. The summed E-state index contributed by atoms with van der Waals surface area (Å²) in [5, 5.41) is 5.55. The van der Waals surface area contributed by atoms with Gasteiger partial charge in [0, 0.05) is 24.5 Å². The molecule has 0 saturated carbocycles. The summed E-state index contributed by atoms with van der Waals surface area (Å²) in [5.74, 6) is 0.000422. The van der Waals surface area contributed by atoms with Crippen LogP contribution >= 0.6 is 0 Å². The van der Waals surface area contributed by atoms with Gasteiger partial charge in [-0.1, -0.05) is 0 Å². The average Bonchev–Trinajstić information content (AvgIpc) is 2.86. The second kappa shape index (κ2) is 13.0. The monoisotopic (exact) mass is 464 g/mol. The van der Waals surface area contributed by atoms with Gasteiger partial charge in [0.25, 0.3) is 5.91 Å².